The summed E-state index contributed by atoms with van der Waals surface area (Å²) in [6.07, 6.45) is 5.13. The quantitative estimate of drug-likeness (QED) is 0.841. The monoisotopic (exact) mass is 247 g/mol. The minimum Gasteiger partial charge on any atom is -0.480 e. The van der Waals surface area contributed by atoms with Crippen molar-refractivity contribution in [2.75, 3.05) is 0 Å². The average Bonchev–Trinajstić information content (AvgIpc) is 2.82. The number of carboxylic acid groups (broad SMARTS) is 1. The summed E-state index contributed by atoms with van der Waals surface area (Å²) in [5.74, 6) is -0.766. The van der Waals surface area contributed by atoms with Gasteiger partial charge in [-0.05, 0) is 25.3 Å². The van der Waals surface area contributed by atoms with E-state index in [9.17, 15) is 9.90 Å². The van der Waals surface area contributed by atoms with Crippen LogP contribution < -0.4 is 5.32 Å². The number of benzene rings is 1. The first-order chi connectivity index (χ1) is 8.60. The van der Waals surface area contributed by atoms with Gasteiger partial charge in [-0.3, -0.25) is 10.1 Å². The molecular weight excluding hydrogens is 226 g/mol. The fourth-order valence-electron chi connectivity index (χ4n) is 2.71. The van der Waals surface area contributed by atoms with E-state index < -0.39 is 11.5 Å². The van der Waals surface area contributed by atoms with Crippen LogP contribution in [0.1, 0.15) is 38.2 Å². The third kappa shape index (κ3) is 3.10. The Balaban J connectivity index is 2.08. The van der Waals surface area contributed by atoms with E-state index in [1.807, 2.05) is 30.3 Å². The molecular formula is C15H21NO2. The van der Waals surface area contributed by atoms with Crippen LogP contribution in [-0.2, 0) is 11.2 Å². The number of carboxylic acids is 1. The third-order valence-corrected chi connectivity index (χ3v) is 3.75. The van der Waals surface area contributed by atoms with Crippen LogP contribution in [0.25, 0.3) is 0 Å². The Kier molecular flexibility index (Phi) is 4.02. The van der Waals surface area contributed by atoms with Crippen molar-refractivity contribution in [3.63, 3.8) is 0 Å². The highest BCUT2D eigenvalue weighted by Gasteiger charge is 2.35. The molecule has 18 heavy (non-hydrogen) atoms. The van der Waals surface area contributed by atoms with Crippen LogP contribution in [-0.4, -0.2) is 22.7 Å². The molecule has 1 saturated carbocycles. The van der Waals surface area contributed by atoms with Crippen LogP contribution in [0, 0.1) is 0 Å². The van der Waals surface area contributed by atoms with Gasteiger partial charge in [-0.1, -0.05) is 43.2 Å². The van der Waals surface area contributed by atoms with Crippen molar-refractivity contribution >= 4 is 5.97 Å². The van der Waals surface area contributed by atoms with E-state index in [-0.39, 0.29) is 0 Å². The van der Waals surface area contributed by atoms with Gasteiger partial charge in [-0.25, -0.2) is 0 Å². The maximum Gasteiger partial charge on any atom is 0.323 e. The molecule has 1 aliphatic carbocycles. The fourth-order valence-corrected chi connectivity index (χ4v) is 2.71. The molecule has 0 radical (unpaired) electrons. The van der Waals surface area contributed by atoms with E-state index in [0.717, 1.165) is 18.4 Å². The molecule has 0 aliphatic heterocycles. The molecule has 1 fully saturated rings. The van der Waals surface area contributed by atoms with Crippen LogP contribution in [0.3, 0.4) is 0 Å². The Morgan fingerprint density at radius 3 is 2.50 bits per heavy atom. The van der Waals surface area contributed by atoms with Gasteiger partial charge in [0.25, 0.3) is 0 Å². The Labute approximate surface area is 108 Å². The van der Waals surface area contributed by atoms with Crippen molar-refractivity contribution in [2.45, 2.75) is 50.6 Å². The lowest BCUT2D eigenvalue weighted by Gasteiger charge is -2.30. The third-order valence-electron chi connectivity index (χ3n) is 3.75. The van der Waals surface area contributed by atoms with Crippen molar-refractivity contribution in [2.24, 2.45) is 0 Å². The van der Waals surface area contributed by atoms with Crippen LogP contribution in [0.2, 0.25) is 0 Å². The standard InChI is InChI=1S/C15H21NO2/c1-15(14(17)18,16-13-9-5-6-10-13)11-12-7-3-2-4-8-12/h2-4,7-8,13,16H,5-6,9-11H2,1H3,(H,17,18). The van der Waals surface area contributed by atoms with Crippen LogP contribution in [0.15, 0.2) is 30.3 Å². The lowest BCUT2D eigenvalue weighted by molar-refractivity contribution is -0.144. The molecule has 0 saturated heterocycles. The van der Waals surface area contributed by atoms with E-state index >= 15 is 0 Å². The predicted molar refractivity (Wildman–Crippen MR) is 71.6 cm³/mol. The van der Waals surface area contributed by atoms with Crippen molar-refractivity contribution in [1.29, 1.82) is 0 Å². The largest absolute Gasteiger partial charge is 0.480 e. The Morgan fingerprint density at radius 2 is 1.94 bits per heavy atom. The molecule has 3 nitrogen and oxygen atoms in total. The van der Waals surface area contributed by atoms with Crippen molar-refractivity contribution in [1.82, 2.24) is 5.32 Å². The smallest absolute Gasteiger partial charge is 0.323 e. The average molecular weight is 247 g/mol. The van der Waals surface area contributed by atoms with Gasteiger partial charge in [0.1, 0.15) is 5.54 Å². The first-order valence-corrected chi connectivity index (χ1v) is 6.65. The zero-order chi connectivity index (χ0) is 13.0. The molecule has 1 unspecified atom stereocenters. The summed E-state index contributed by atoms with van der Waals surface area (Å²) >= 11 is 0. The van der Waals surface area contributed by atoms with Gasteiger partial charge in [0.05, 0.1) is 0 Å². The summed E-state index contributed by atoms with van der Waals surface area (Å²) < 4.78 is 0. The van der Waals surface area contributed by atoms with E-state index in [2.05, 4.69) is 5.32 Å². The van der Waals surface area contributed by atoms with E-state index in [0.29, 0.717) is 12.5 Å². The fraction of sp³-hybridized carbons (Fsp3) is 0.533. The van der Waals surface area contributed by atoms with E-state index in [1.54, 1.807) is 6.92 Å². The molecule has 1 aromatic rings. The molecule has 3 heteroatoms. The molecule has 2 rings (SSSR count). The highest BCUT2D eigenvalue weighted by molar-refractivity contribution is 5.78. The number of hydrogen-bond acceptors (Lipinski definition) is 2. The van der Waals surface area contributed by atoms with Crippen LogP contribution in [0.4, 0.5) is 0 Å². The van der Waals surface area contributed by atoms with Gasteiger partial charge < -0.3 is 5.11 Å². The van der Waals surface area contributed by atoms with E-state index in [1.165, 1.54) is 12.8 Å². The van der Waals surface area contributed by atoms with Gasteiger partial charge in [0.15, 0.2) is 0 Å². The molecule has 0 heterocycles. The number of aliphatic carboxylic acids is 1. The highest BCUT2D eigenvalue weighted by Crippen LogP contribution is 2.22. The number of hydrogen-bond donors (Lipinski definition) is 2. The molecule has 1 aromatic carbocycles. The SMILES string of the molecule is CC(Cc1ccccc1)(NC1CCCC1)C(=O)O. The Morgan fingerprint density at radius 1 is 1.33 bits per heavy atom. The number of carbonyl (C=O) groups is 1. The van der Waals surface area contributed by atoms with Crippen LogP contribution >= 0.6 is 0 Å². The van der Waals surface area contributed by atoms with Gasteiger partial charge in [0, 0.05) is 12.5 Å². The van der Waals surface area contributed by atoms with Gasteiger partial charge >= 0.3 is 5.97 Å². The summed E-state index contributed by atoms with van der Waals surface area (Å²) in [5.41, 5.74) is 0.198. The minimum atomic E-state index is -0.865. The minimum absolute atomic E-state index is 0.356. The molecule has 0 aromatic heterocycles. The van der Waals surface area contributed by atoms with Gasteiger partial charge in [0.2, 0.25) is 0 Å². The molecule has 2 N–H and O–H groups in total. The summed E-state index contributed by atoms with van der Waals surface area (Å²) in [6.45, 7) is 1.79. The topological polar surface area (TPSA) is 49.3 Å². The lowest BCUT2D eigenvalue weighted by Crippen LogP contribution is -2.54. The summed E-state index contributed by atoms with van der Waals surface area (Å²) in [5, 5.41) is 12.8. The summed E-state index contributed by atoms with van der Waals surface area (Å²) in [7, 11) is 0. The molecule has 0 amide bonds. The first kappa shape index (κ1) is 13.1. The van der Waals surface area contributed by atoms with Gasteiger partial charge in [-0.15, -0.1) is 0 Å². The molecule has 98 valence electrons. The first-order valence-electron chi connectivity index (χ1n) is 6.65. The van der Waals surface area contributed by atoms with Crippen LogP contribution in [0.5, 0.6) is 0 Å². The number of nitrogens with one attached hydrogen (secondary N) is 1. The molecule has 1 atom stereocenters. The molecule has 0 spiro atoms. The number of rotatable bonds is 5. The second-order valence-electron chi connectivity index (χ2n) is 5.43. The molecule has 0 bridgehead atoms. The Hall–Kier alpha value is -1.35. The Bertz CT molecular complexity index is 398. The summed E-state index contributed by atoms with van der Waals surface area (Å²) in [4.78, 5) is 11.6. The maximum atomic E-state index is 11.6. The predicted octanol–water partition coefficient (Wildman–Crippen LogP) is 2.60. The van der Waals surface area contributed by atoms with Gasteiger partial charge in [-0.2, -0.15) is 0 Å². The van der Waals surface area contributed by atoms with Crippen molar-refractivity contribution in [3.8, 4) is 0 Å². The van der Waals surface area contributed by atoms with Crippen molar-refractivity contribution in [3.05, 3.63) is 35.9 Å². The zero-order valence-electron chi connectivity index (χ0n) is 10.9. The normalized spacial score (nSPS) is 19.6. The molecule has 1 aliphatic rings. The highest BCUT2D eigenvalue weighted by atomic mass is 16.4. The van der Waals surface area contributed by atoms with E-state index in [4.69, 9.17) is 0 Å². The maximum absolute atomic E-state index is 11.6. The second kappa shape index (κ2) is 5.53. The lowest BCUT2D eigenvalue weighted by atomic mass is 9.91. The summed E-state index contributed by atoms with van der Waals surface area (Å²) in [6, 6.07) is 10.2. The van der Waals surface area contributed by atoms with Crippen molar-refractivity contribution < 1.29 is 9.90 Å². The zero-order valence-corrected chi connectivity index (χ0v) is 10.9. The second-order valence-corrected chi connectivity index (χ2v) is 5.43.